The zero-order chi connectivity index (χ0) is 23.1. The third-order valence-electron chi connectivity index (χ3n) is 5.02. The monoisotopic (exact) mass is 480 g/mol. The minimum Gasteiger partial charge on any atom is -0.452 e. The number of hydrogen-bond donors (Lipinski definition) is 1. The van der Waals surface area contributed by atoms with Gasteiger partial charge in [0.2, 0.25) is 10.0 Å². The molecule has 1 heterocycles. The maximum absolute atomic E-state index is 12.8. The third kappa shape index (κ3) is 6.29. The molecule has 1 saturated heterocycles. The van der Waals surface area contributed by atoms with E-state index < -0.39 is 28.5 Å². The van der Waals surface area contributed by atoms with E-state index in [0.29, 0.717) is 36.8 Å². The van der Waals surface area contributed by atoms with Gasteiger partial charge >= 0.3 is 5.97 Å². The Hall–Kier alpha value is -2.46. The van der Waals surface area contributed by atoms with Gasteiger partial charge in [-0.3, -0.25) is 4.79 Å². The smallest absolute Gasteiger partial charge is 0.338 e. The van der Waals surface area contributed by atoms with E-state index in [0.717, 1.165) is 5.56 Å². The second-order valence-corrected chi connectivity index (χ2v) is 9.67. The number of ether oxygens (including phenoxy) is 2. The number of rotatable bonds is 8. The highest BCUT2D eigenvalue weighted by molar-refractivity contribution is 7.89. The Morgan fingerprint density at radius 2 is 1.81 bits per heavy atom. The Balaban J connectivity index is 1.55. The van der Waals surface area contributed by atoms with E-state index >= 15 is 0 Å². The third-order valence-corrected chi connectivity index (χ3v) is 7.17. The fourth-order valence-corrected chi connectivity index (χ4v) is 4.74. The largest absolute Gasteiger partial charge is 0.452 e. The average molecular weight is 481 g/mol. The minimum atomic E-state index is -3.75. The first kappa shape index (κ1) is 24.2. The number of carbonyl (C=O) groups excluding carboxylic acids is 2. The van der Waals surface area contributed by atoms with Crippen LogP contribution in [0.1, 0.15) is 21.5 Å². The number of aryl methyl sites for hydroxylation is 1. The zero-order valence-corrected chi connectivity index (χ0v) is 19.2. The quantitative estimate of drug-likeness (QED) is 0.581. The molecule has 1 amide bonds. The van der Waals surface area contributed by atoms with Crippen LogP contribution in [0.4, 0.5) is 0 Å². The Labute approximate surface area is 192 Å². The molecule has 2 aromatic carbocycles. The molecule has 32 heavy (non-hydrogen) atoms. The van der Waals surface area contributed by atoms with Crippen LogP contribution in [0, 0.1) is 6.92 Å². The van der Waals surface area contributed by atoms with Gasteiger partial charge in [0, 0.05) is 24.7 Å². The summed E-state index contributed by atoms with van der Waals surface area (Å²) in [7, 11) is -3.75. The molecule has 172 valence electrons. The number of carbonyl (C=O) groups is 2. The highest BCUT2D eigenvalue weighted by atomic mass is 35.5. The van der Waals surface area contributed by atoms with E-state index in [4.69, 9.17) is 21.1 Å². The van der Waals surface area contributed by atoms with Crippen molar-refractivity contribution in [1.29, 1.82) is 0 Å². The van der Waals surface area contributed by atoms with Crippen molar-refractivity contribution in [2.75, 3.05) is 39.5 Å². The summed E-state index contributed by atoms with van der Waals surface area (Å²) < 4.78 is 37.3. The number of morpholine rings is 1. The molecule has 0 bridgehead atoms. The predicted molar refractivity (Wildman–Crippen MR) is 119 cm³/mol. The van der Waals surface area contributed by atoms with Gasteiger partial charge in [-0.05, 0) is 48.7 Å². The Morgan fingerprint density at radius 3 is 2.50 bits per heavy atom. The molecular weight excluding hydrogens is 456 g/mol. The maximum Gasteiger partial charge on any atom is 0.338 e. The van der Waals surface area contributed by atoms with Gasteiger partial charge in [-0.15, -0.1) is 0 Å². The van der Waals surface area contributed by atoms with Crippen LogP contribution in [-0.2, 0) is 30.7 Å². The number of amides is 1. The number of nitrogens with zero attached hydrogens (tertiary/aromatic N) is 1. The van der Waals surface area contributed by atoms with E-state index in [1.807, 2.05) is 12.1 Å². The molecule has 1 fully saturated rings. The minimum absolute atomic E-state index is 0.00404. The van der Waals surface area contributed by atoms with Crippen molar-refractivity contribution >= 4 is 33.5 Å². The van der Waals surface area contributed by atoms with Crippen molar-refractivity contribution < 1.29 is 27.5 Å². The number of sulfonamides is 1. The molecule has 0 radical (unpaired) electrons. The fourth-order valence-electron chi connectivity index (χ4n) is 3.17. The second kappa shape index (κ2) is 10.9. The molecule has 1 aliphatic heterocycles. The fraction of sp³-hybridized carbons (Fsp3) is 0.364. The van der Waals surface area contributed by atoms with E-state index in [-0.39, 0.29) is 23.5 Å². The number of benzene rings is 2. The lowest BCUT2D eigenvalue weighted by Gasteiger charge is -2.26. The standard InChI is InChI=1S/C22H25ClN2O6S/c1-16-2-7-19(32(28,29)25-10-12-30-13-11-25)14-20(16)22(27)31-15-21(26)24-9-8-17-3-5-18(23)6-4-17/h2-7,14H,8-13,15H2,1H3,(H,24,26). The average Bonchev–Trinajstić information content (AvgIpc) is 2.79. The van der Waals surface area contributed by atoms with Gasteiger partial charge in [-0.2, -0.15) is 4.31 Å². The normalized spacial score (nSPS) is 14.7. The van der Waals surface area contributed by atoms with Gasteiger partial charge in [-0.25, -0.2) is 13.2 Å². The van der Waals surface area contributed by atoms with Gasteiger partial charge in [0.25, 0.3) is 5.91 Å². The van der Waals surface area contributed by atoms with Crippen molar-refractivity contribution in [2.45, 2.75) is 18.2 Å². The molecule has 1 aliphatic rings. The summed E-state index contributed by atoms with van der Waals surface area (Å²) in [5.74, 6) is -1.20. The first-order valence-corrected chi connectivity index (χ1v) is 12.0. The van der Waals surface area contributed by atoms with Crippen molar-refractivity contribution in [3.05, 3.63) is 64.2 Å². The first-order chi connectivity index (χ1) is 15.3. The summed E-state index contributed by atoms with van der Waals surface area (Å²) in [4.78, 5) is 24.5. The SMILES string of the molecule is Cc1ccc(S(=O)(=O)N2CCOCC2)cc1C(=O)OCC(=O)NCCc1ccc(Cl)cc1. The summed E-state index contributed by atoms with van der Waals surface area (Å²) in [5.41, 5.74) is 1.67. The van der Waals surface area contributed by atoms with Crippen molar-refractivity contribution in [3.63, 3.8) is 0 Å². The summed E-state index contributed by atoms with van der Waals surface area (Å²) in [6.07, 6.45) is 0.609. The Kier molecular flexibility index (Phi) is 8.25. The lowest BCUT2D eigenvalue weighted by Crippen LogP contribution is -2.40. The summed E-state index contributed by atoms with van der Waals surface area (Å²) in [6, 6.07) is 11.6. The van der Waals surface area contributed by atoms with Crippen LogP contribution in [-0.4, -0.2) is 64.1 Å². The zero-order valence-electron chi connectivity index (χ0n) is 17.7. The molecule has 0 aromatic heterocycles. The van der Waals surface area contributed by atoms with Crippen LogP contribution in [0.3, 0.4) is 0 Å². The Bertz CT molecular complexity index is 1070. The van der Waals surface area contributed by atoms with Gasteiger partial charge in [0.05, 0.1) is 23.7 Å². The second-order valence-electron chi connectivity index (χ2n) is 7.30. The molecule has 0 spiro atoms. The molecule has 10 heteroatoms. The van der Waals surface area contributed by atoms with Crippen molar-refractivity contribution in [2.24, 2.45) is 0 Å². The molecule has 0 saturated carbocycles. The van der Waals surface area contributed by atoms with Crippen molar-refractivity contribution in [3.8, 4) is 0 Å². The lowest BCUT2D eigenvalue weighted by molar-refractivity contribution is -0.124. The highest BCUT2D eigenvalue weighted by Crippen LogP contribution is 2.21. The van der Waals surface area contributed by atoms with Gasteiger partial charge < -0.3 is 14.8 Å². The van der Waals surface area contributed by atoms with Crippen molar-refractivity contribution in [1.82, 2.24) is 9.62 Å². The lowest BCUT2D eigenvalue weighted by atomic mass is 10.1. The van der Waals surface area contributed by atoms with Gasteiger partial charge in [0.1, 0.15) is 0 Å². The molecule has 2 aromatic rings. The molecule has 1 N–H and O–H groups in total. The van der Waals surface area contributed by atoms with Crippen LogP contribution in [0.15, 0.2) is 47.4 Å². The van der Waals surface area contributed by atoms with Gasteiger partial charge in [0.15, 0.2) is 6.61 Å². The van der Waals surface area contributed by atoms with Crippen LogP contribution < -0.4 is 5.32 Å². The summed E-state index contributed by atoms with van der Waals surface area (Å²) in [5, 5.41) is 3.32. The molecule has 0 atom stereocenters. The first-order valence-electron chi connectivity index (χ1n) is 10.1. The predicted octanol–water partition coefficient (Wildman–Crippen LogP) is 2.19. The molecule has 3 rings (SSSR count). The van der Waals surface area contributed by atoms with Gasteiger partial charge in [-0.1, -0.05) is 29.8 Å². The number of hydrogen-bond acceptors (Lipinski definition) is 6. The number of halogens is 1. The molecular formula is C22H25ClN2O6S. The van der Waals surface area contributed by atoms with E-state index in [1.165, 1.54) is 16.4 Å². The number of esters is 1. The summed E-state index contributed by atoms with van der Waals surface area (Å²) in [6.45, 7) is 2.76. The maximum atomic E-state index is 12.8. The highest BCUT2D eigenvalue weighted by Gasteiger charge is 2.27. The Morgan fingerprint density at radius 1 is 1.12 bits per heavy atom. The van der Waals surface area contributed by atoms with E-state index in [2.05, 4.69) is 5.32 Å². The topological polar surface area (TPSA) is 102 Å². The van der Waals surface area contributed by atoms with Crippen LogP contribution in [0.5, 0.6) is 0 Å². The van der Waals surface area contributed by atoms with Crippen LogP contribution in [0.25, 0.3) is 0 Å². The summed E-state index contributed by atoms with van der Waals surface area (Å²) >= 11 is 5.84. The number of nitrogens with one attached hydrogen (secondary N) is 1. The van der Waals surface area contributed by atoms with Crippen LogP contribution >= 0.6 is 11.6 Å². The van der Waals surface area contributed by atoms with E-state index in [1.54, 1.807) is 25.1 Å². The molecule has 0 unspecified atom stereocenters. The molecule has 8 nitrogen and oxygen atoms in total. The molecule has 0 aliphatic carbocycles. The van der Waals surface area contributed by atoms with E-state index in [9.17, 15) is 18.0 Å². The van der Waals surface area contributed by atoms with Crippen LogP contribution in [0.2, 0.25) is 5.02 Å².